The van der Waals surface area contributed by atoms with Gasteiger partial charge in [-0.1, -0.05) is 121 Å². The van der Waals surface area contributed by atoms with Crippen LogP contribution in [0.15, 0.2) is 182 Å². The summed E-state index contributed by atoms with van der Waals surface area (Å²) in [6.07, 6.45) is 0. The van der Waals surface area contributed by atoms with Crippen molar-refractivity contribution >= 4 is 98.8 Å². The molecule has 11 aromatic rings. The van der Waals surface area contributed by atoms with Crippen LogP contribution in [0.4, 0.5) is 34.1 Å². The van der Waals surface area contributed by atoms with Crippen molar-refractivity contribution in [3.05, 3.63) is 193 Å². The quantitative estimate of drug-likeness (QED) is 0.172. The van der Waals surface area contributed by atoms with E-state index in [2.05, 4.69) is 206 Å². The fraction of sp³-hybridized carbons (Fsp3) is 0.0385. The van der Waals surface area contributed by atoms with Gasteiger partial charge in [-0.3, -0.25) is 0 Å². The molecule has 54 heavy (non-hydrogen) atoms. The summed E-state index contributed by atoms with van der Waals surface area (Å²) in [5.41, 5.74) is 9.67. The summed E-state index contributed by atoms with van der Waals surface area (Å²) >= 11 is 0. The summed E-state index contributed by atoms with van der Waals surface area (Å²) in [6.45, 7) is 4.71. The second-order valence-electron chi connectivity index (χ2n) is 14.5. The normalized spacial score (nSPS) is 11.9. The molecule has 0 amide bonds. The minimum atomic E-state index is 1.15. The van der Waals surface area contributed by atoms with E-state index < -0.39 is 0 Å². The zero-order chi connectivity index (χ0) is 35.9. The number of aryl methyl sites for hydroxylation is 2. The molecule has 0 bridgehead atoms. The Hall–Kier alpha value is -6.90. The van der Waals surface area contributed by atoms with Crippen LogP contribution in [0.2, 0.25) is 0 Å². The predicted octanol–water partition coefficient (Wildman–Crippen LogP) is 15.0. The molecule has 0 saturated carbocycles. The van der Waals surface area contributed by atoms with E-state index in [1.54, 1.807) is 0 Å². The van der Waals surface area contributed by atoms with E-state index in [9.17, 15) is 0 Å². The van der Waals surface area contributed by atoms with E-state index in [0.29, 0.717) is 0 Å². The second kappa shape index (κ2) is 11.8. The minimum absolute atomic E-state index is 1.15. The zero-order valence-corrected chi connectivity index (χ0v) is 30.2. The monoisotopic (exact) mass is 688 g/mol. The van der Waals surface area contributed by atoms with Gasteiger partial charge in [0.1, 0.15) is 0 Å². The van der Waals surface area contributed by atoms with Gasteiger partial charge in [-0.05, 0) is 140 Å². The Morgan fingerprint density at radius 1 is 0.241 bits per heavy atom. The van der Waals surface area contributed by atoms with Gasteiger partial charge < -0.3 is 9.80 Å². The van der Waals surface area contributed by atoms with Gasteiger partial charge in [-0.2, -0.15) is 0 Å². The Kier molecular flexibility index (Phi) is 6.72. The van der Waals surface area contributed by atoms with Gasteiger partial charge in [-0.15, -0.1) is 0 Å². The van der Waals surface area contributed by atoms with Crippen molar-refractivity contribution in [1.29, 1.82) is 0 Å². The topological polar surface area (TPSA) is 6.48 Å². The number of nitrogens with zero attached hydrogens (tertiary/aromatic N) is 2. The Morgan fingerprint density at radius 3 is 0.833 bits per heavy atom. The molecule has 254 valence electrons. The Bertz CT molecular complexity index is 2800. The van der Waals surface area contributed by atoms with E-state index in [4.69, 9.17) is 0 Å². The second-order valence-corrected chi connectivity index (χ2v) is 14.5. The summed E-state index contributed by atoms with van der Waals surface area (Å²) in [7, 11) is 0. The maximum atomic E-state index is 2.40. The predicted molar refractivity (Wildman–Crippen MR) is 233 cm³/mol. The van der Waals surface area contributed by atoms with Crippen LogP contribution in [0.25, 0.3) is 64.6 Å². The van der Waals surface area contributed by atoms with Gasteiger partial charge in [0.25, 0.3) is 0 Å². The molecule has 0 unspecified atom stereocenters. The summed E-state index contributed by atoms with van der Waals surface area (Å²) in [4.78, 5) is 4.79. The summed E-state index contributed by atoms with van der Waals surface area (Å²) in [6, 6.07) is 66.2. The number of anilines is 6. The first-order chi connectivity index (χ1) is 26.7. The van der Waals surface area contributed by atoms with Gasteiger partial charge in [0.05, 0.1) is 11.4 Å². The molecule has 0 fully saturated rings. The van der Waals surface area contributed by atoms with E-state index in [1.165, 1.54) is 87.1 Å². The smallest absolute Gasteiger partial charge is 0.0540 e. The van der Waals surface area contributed by atoms with Crippen LogP contribution in [0.5, 0.6) is 0 Å². The Balaban J connectivity index is 1.20. The highest BCUT2D eigenvalue weighted by molar-refractivity contribution is 6.41. The van der Waals surface area contributed by atoms with Crippen LogP contribution >= 0.6 is 0 Å². The van der Waals surface area contributed by atoms with Crippen LogP contribution in [-0.4, -0.2) is 0 Å². The molecule has 0 aliphatic heterocycles. The van der Waals surface area contributed by atoms with Crippen molar-refractivity contribution < 1.29 is 0 Å². The zero-order valence-electron chi connectivity index (χ0n) is 30.2. The molecular weight excluding hydrogens is 653 g/mol. The van der Waals surface area contributed by atoms with Crippen LogP contribution in [0, 0.1) is 13.8 Å². The summed E-state index contributed by atoms with van der Waals surface area (Å²) in [5, 5.41) is 16.0. The highest BCUT2D eigenvalue weighted by Gasteiger charge is 2.26. The van der Waals surface area contributed by atoms with Gasteiger partial charge in [0, 0.05) is 33.5 Å². The third-order valence-electron chi connectivity index (χ3n) is 11.7. The van der Waals surface area contributed by atoms with E-state index in [-0.39, 0.29) is 0 Å². The first-order valence-corrected chi connectivity index (χ1v) is 18.8. The van der Waals surface area contributed by atoms with Crippen molar-refractivity contribution in [2.45, 2.75) is 13.8 Å². The lowest BCUT2D eigenvalue weighted by Crippen LogP contribution is -2.10. The van der Waals surface area contributed by atoms with E-state index in [0.717, 1.165) is 22.7 Å². The van der Waals surface area contributed by atoms with Crippen LogP contribution in [-0.2, 0) is 0 Å². The van der Waals surface area contributed by atoms with Crippen LogP contribution in [0.1, 0.15) is 11.1 Å². The van der Waals surface area contributed by atoms with Gasteiger partial charge in [0.15, 0.2) is 0 Å². The third kappa shape index (κ3) is 4.28. The molecule has 11 aromatic carbocycles. The fourth-order valence-electron chi connectivity index (χ4n) is 9.52. The number of para-hydroxylation sites is 4. The molecule has 11 rings (SSSR count). The van der Waals surface area contributed by atoms with Crippen molar-refractivity contribution in [1.82, 2.24) is 0 Å². The van der Waals surface area contributed by atoms with Gasteiger partial charge in [0.2, 0.25) is 0 Å². The lowest BCUT2D eigenvalue weighted by Gasteiger charge is -2.27. The number of rotatable bonds is 6. The van der Waals surface area contributed by atoms with Crippen molar-refractivity contribution in [3.8, 4) is 0 Å². The molecular formula is C52H36N2. The molecule has 0 heterocycles. The average Bonchev–Trinajstić information content (AvgIpc) is 3.76. The molecule has 0 N–H and O–H groups in total. The SMILES string of the molecule is Cc1c2c3cccc4c(N(c5ccccc5)c5ccccc5)ccc(c2c(C)c2c5ccc(N(c6ccccc6)c6ccccc6)c6cccc(c12)c65)c43. The fourth-order valence-corrected chi connectivity index (χ4v) is 9.52. The van der Waals surface area contributed by atoms with Gasteiger partial charge >= 0.3 is 0 Å². The summed E-state index contributed by atoms with van der Waals surface area (Å²) in [5.74, 6) is 0. The van der Waals surface area contributed by atoms with Crippen LogP contribution in [0.3, 0.4) is 0 Å². The first kappa shape index (κ1) is 30.7. The number of hydrogen-bond acceptors (Lipinski definition) is 2. The maximum absolute atomic E-state index is 2.40. The van der Waals surface area contributed by atoms with Crippen LogP contribution < -0.4 is 9.80 Å². The number of fused-ring (bicyclic) bond motifs is 6. The molecule has 0 aliphatic carbocycles. The molecule has 2 heteroatoms. The largest absolute Gasteiger partial charge is 0.310 e. The molecule has 0 radical (unpaired) electrons. The van der Waals surface area contributed by atoms with E-state index >= 15 is 0 Å². The van der Waals surface area contributed by atoms with Gasteiger partial charge in [-0.25, -0.2) is 0 Å². The highest BCUT2D eigenvalue weighted by Crippen LogP contribution is 2.53. The standard InChI is InChI=1S/C52H36N2/c1-33-47-41-27-15-25-39-45(53(35-17-7-3-8-18-35)36-19-9-4-10-20-36)31-29-43(51(39)41)49(47)34(2)50-44-30-32-46(40-26-16-28-42(48(33)50)52(40)44)54(37-21-11-5-12-22-37)38-23-13-6-14-24-38/h3-32H,1-2H3. The highest BCUT2D eigenvalue weighted by atomic mass is 15.1. The average molecular weight is 689 g/mol. The lowest BCUT2D eigenvalue weighted by molar-refractivity contribution is 1.30. The molecule has 0 atom stereocenters. The first-order valence-electron chi connectivity index (χ1n) is 18.8. The molecule has 2 nitrogen and oxygen atoms in total. The van der Waals surface area contributed by atoms with Crippen molar-refractivity contribution in [2.75, 3.05) is 9.80 Å². The minimum Gasteiger partial charge on any atom is -0.310 e. The number of hydrogen-bond donors (Lipinski definition) is 0. The number of benzene rings is 9. The molecule has 0 aliphatic rings. The molecule has 0 saturated heterocycles. The van der Waals surface area contributed by atoms with Crippen molar-refractivity contribution in [3.63, 3.8) is 0 Å². The van der Waals surface area contributed by atoms with E-state index in [1.807, 2.05) is 0 Å². The third-order valence-corrected chi connectivity index (χ3v) is 11.7. The van der Waals surface area contributed by atoms with Crippen molar-refractivity contribution in [2.24, 2.45) is 0 Å². The lowest BCUT2D eigenvalue weighted by atomic mass is 9.95. The summed E-state index contributed by atoms with van der Waals surface area (Å²) < 4.78 is 0. The maximum Gasteiger partial charge on any atom is 0.0540 e. The molecule has 0 aromatic heterocycles. The Morgan fingerprint density at radius 2 is 0.519 bits per heavy atom. The molecule has 0 spiro atoms. The Labute approximate surface area is 314 Å².